The van der Waals surface area contributed by atoms with E-state index in [1.807, 2.05) is 12.1 Å². The number of aryl methyl sites for hydroxylation is 1. The highest BCUT2D eigenvalue weighted by molar-refractivity contribution is 5.86. The van der Waals surface area contributed by atoms with E-state index in [2.05, 4.69) is 39.3 Å². The Bertz CT molecular complexity index is 582. The molecule has 0 aliphatic rings. The SMILES string of the molecule is COC(=O)c1ccc(NCCc2ccccc2C)nn1. The molecule has 0 amide bonds. The van der Waals surface area contributed by atoms with Gasteiger partial charge in [-0.1, -0.05) is 24.3 Å². The number of hydrogen-bond donors (Lipinski definition) is 1. The number of nitrogens with zero attached hydrogens (tertiary/aromatic N) is 2. The van der Waals surface area contributed by atoms with Crippen LogP contribution in [-0.4, -0.2) is 29.8 Å². The molecular weight excluding hydrogens is 254 g/mol. The molecule has 1 aromatic heterocycles. The minimum atomic E-state index is -0.482. The first-order valence-electron chi connectivity index (χ1n) is 6.41. The number of benzene rings is 1. The Morgan fingerprint density at radius 1 is 1.20 bits per heavy atom. The molecule has 2 aromatic rings. The van der Waals surface area contributed by atoms with E-state index in [0.717, 1.165) is 13.0 Å². The van der Waals surface area contributed by atoms with Gasteiger partial charge >= 0.3 is 5.97 Å². The van der Waals surface area contributed by atoms with Crippen molar-refractivity contribution in [1.29, 1.82) is 0 Å². The van der Waals surface area contributed by atoms with Crippen molar-refractivity contribution < 1.29 is 9.53 Å². The summed E-state index contributed by atoms with van der Waals surface area (Å²) in [5, 5.41) is 10.9. The molecule has 0 fully saturated rings. The summed E-state index contributed by atoms with van der Waals surface area (Å²) in [7, 11) is 1.32. The first-order chi connectivity index (χ1) is 9.70. The van der Waals surface area contributed by atoms with Gasteiger partial charge in [-0.25, -0.2) is 4.79 Å². The minimum Gasteiger partial charge on any atom is -0.464 e. The van der Waals surface area contributed by atoms with Crippen LogP contribution in [0.3, 0.4) is 0 Å². The minimum absolute atomic E-state index is 0.206. The third-order valence-electron chi connectivity index (χ3n) is 3.02. The zero-order chi connectivity index (χ0) is 14.4. The monoisotopic (exact) mass is 271 g/mol. The van der Waals surface area contributed by atoms with Gasteiger partial charge in [0.05, 0.1) is 7.11 Å². The topological polar surface area (TPSA) is 64.1 Å². The van der Waals surface area contributed by atoms with Crippen molar-refractivity contribution in [3.63, 3.8) is 0 Å². The second-order valence-corrected chi connectivity index (χ2v) is 4.40. The Morgan fingerprint density at radius 3 is 2.65 bits per heavy atom. The molecule has 0 saturated carbocycles. The maximum absolute atomic E-state index is 11.2. The lowest BCUT2D eigenvalue weighted by atomic mass is 10.1. The highest BCUT2D eigenvalue weighted by Gasteiger charge is 2.07. The number of hydrogen-bond acceptors (Lipinski definition) is 5. The third kappa shape index (κ3) is 3.54. The van der Waals surface area contributed by atoms with Crippen LogP contribution in [0.15, 0.2) is 36.4 Å². The van der Waals surface area contributed by atoms with Crippen LogP contribution in [0.1, 0.15) is 21.6 Å². The van der Waals surface area contributed by atoms with Gasteiger partial charge in [-0.15, -0.1) is 10.2 Å². The Labute approximate surface area is 118 Å². The van der Waals surface area contributed by atoms with Gasteiger partial charge in [-0.2, -0.15) is 0 Å². The molecule has 5 nitrogen and oxygen atoms in total. The fourth-order valence-electron chi connectivity index (χ4n) is 1.86. The number of methoxy groups -OCH3 is 1. The van der Waals surface area contributed by atoms with Gasteiger partial charge in [-0.3, -0.25) is 0 Å². The third-order valence-corrected chi connectivity index (χ3v) is 3.02. The molecule has 1 heterocycles. The molecule has 5 heteroatoms. The number of anilines is 1. The number of rotatable bonds is 5. The summed E-state index contributed by atoms with van der Waals surface area (Å²) in [6.07, 6.45) is 0.910. The van der Waals surface area contributed by atoms with E-state index in [1.54, 1.807) is 12.1 Å². The van der Waals surface area contributed by atoms with Gasteiger partial charge in [-0.05, 0) is 36.6 Å². The fourth-order valence-corrected chi connectivity index (χ4v) is 1.86. The van der Waals surface area contributed by atoms with Crippen LogP contribution in [-0.2, 0) is 11.2 Å². The lowest BCUT2D eigenvalue weighted by Crippen LogP contribution is -2.10. The van der Waals surface area contributed by atoms with Gasteiger partial charge in [0.1, 0.15) is 5.82 Å². The van der Waals surface area contributed by atoms with E-state index in [1.165, 1.54) is 18.2 Å². The van der Waals surface area contributed by atoms with Crippen molar-refractivity contribution in [2.24, 2.45) is 0 Å². The predicted octanol–water partition coefficient (Wildman–Crippen LogP) is 2.23. The molecule has 1 aromatic carbocycles. The first-order valence-corrected chi connectivity index (χ1v) is 6.41. The Hall–Kier alpha value is -2.43. The van der Waals surface area contributed by atoms with Crippen molar-refractivity contribution in [2.75, 3.05) is 19.0 Å². The summed E-state index contributed by atoms with van der Waals surface area (Å²) in [5.74, 6) is 0.162. The van der Waals surface area contributed by atoms with Crippen molar-refractivity contribution in [2.45, 2.75) is 13.3 Å². The molecule has 20 heavy (non-hydrogen) atoms. The number of carbonyl (C=O) groups is 1. The van der Waals surface area contributed by atoms with Crippen molar-refractivity contribution in [3.05, 3.63) is 53.2 Å². The summed E-state index contributed by atoms with van der Waals surface area (Å²) < 4.78 is 4.57. The molecule has 0 aliphatic heterocycles. The second-order valence-electron chi connectivity index (χ2n) is 4.40. The maximum atomic E-state index is 11.2. The quantitative estimate of drug-likeness (QED) is 0.845. The number of esters is 1. The standard InChI is InChI=1S/C15H17N3O2/c1-11-5-3-4-6-12(11)9-10-16-14-8-7-13(17-18-14)15(19)20-2/h3-8H,9-10H2,1-2H3,(H,16,18). The molecule has 0 atom stereocenters. The lowest BCUT2D eigenvalue weighted by Gasteiger charge is -2.07. The summed E-state index contributed by atoms with van der Waals surface area (Å²) in [5.41, 5.74) is 2.79. The highest BCUT2D eigenvalue weighted by atomic mass is 16.5. The molecule has 0 radical (unpaired) electrons. The van der Waals surface area contributed by atoms with Crippen LogP contribution < -0.4 is 5.32 Å². The Kier molecular flexibility index (Phi) is 4.65. The average molecular weight is 271 g/mol. The van der Waals surface area contributed by atoms with E-state index in [9.17, 15) is 4.79 Å². The molecule has 0 bridgehead atoms. The van der Waals surface area contributed by atoms with Crippen LogP contribution in [0.2, 0.25) is 0 Å². The van der Waals surface area contributed by atoms with Crippen LogP contribution in [0.4, 0.5) is 5.82 Å². The van der Waals surface area contributed by atoms with Crippen molar-refractivity contribution in [1.82, 2.24) is 10.2 Å². The van der Waals surface area contributed by atoms with Crippen LogP contribution >= 0.6 is 0 Å². The molecule has 0 saturated heterocycles. The normalized spacial score (nSPS) is 10.1. The number of nitrogens with one attached hydrogen (secondary N) is 1. The van der Waals surface area contributed by atoms with E-state index >= 15 is 0 Å². The predicted molar refractivity (Wildman–Crippen MR) is 76.7 cm³/mol. The van der Waals surface area contributed by atoms with Crippen LogP contribution in [0.25, 0.3) is 0 Å². The molecule has 1 N–H and O–H groups in total. The molecule has 0 spiro atoms. The molecule has 0 aliphatic carbocycles. The lowest BCUT2D eigenvalue weighted by molar-refractivity contribution is 0.0593. The highest BCUT2D eigenvalue weighted by Crippen LogP contribution is 2.08. The Balaban J connectivity index is 1.88. The van der Waals surface area contributed by atoms with Crippen molar-refractivity contribution >= 4 is 11.8 Å². The average Bonchev–Trinajstić information content (AvgIpc) is 2.49. The first kappa shape index (κ1) is 14.0. The van der Waals surface area contributed by atoms with Gasteiger partial charge in [0.15, 0.2) is 5.69 Å². The number of carbonyl (C=O) groups excluding carboxylic acids is 1. The van der Waals surface area contributed by atoms with Gasteiger partial charge in [0, 0.05) is 6.54 Å². The van der Waals surface area contributed by atoms with E-state index in [-0.39, 0.29) is 5.69 Å². The zero-order valence-electron chi connectivity index (χ0n) is 11.6. The molecule has 104 valence electrons. The second kappa shape index (κ2) is 6.65. The smallest absolute Gasteiger partial charge is 0.358 e. The van der Waals surface area contributed by atoms with Gasteiger partial charge < -0.3 is 10.1 Å². The summed E-state index contributed by atoms with van der Waals surface area (Å²) in [6, 6.07) is 11.6. The van der Waals surface area contributed by atoms with E-state index < -0.39 is 5.97 Å². The molecular formula is C15H17N3O2. The number of ether oxygens (including phenoxy) is 1. The van der Waals surface area contributed by atoms with Crippen LogP contribution in [0.5, 0.6) is 0 Å². The van der Waals surface area contributed by atoms with Crippen molar-refractivity contribution in [3.8, 4) is 0 Å². The summed E-state index contributed by atoms with van der Waals surface area (Å²) >= 11 is 0. The van der Waals surface area contributed by atoms with Gasteiger partial charge in [0.25, 0.3) is 0 Å². The van der Waals surface area contributed by atoms with Gasteiger partial charge in [0.2, 0.25) is 0 Å². The molecule has 2 rings (SSSR count). The largest absolute Gasteiger partial charge is 0.464 e. The maximum Gasteiger partial charge on any atom is 0.358 e. The van der Waals surface area contributed by atoms with E-state index in [0.29, 0.717) is 5.82 Å². The summed E-state index contributed by atoms with van der Waals surface area (Å²) in [4.78, 5) is 11.2. The Morgan fingerprint density at radius 2 is 2.00 bits per heavy atom. The zero-order valence-corrected chi connectivity index (χ0v) is 11.6. The number of aromatic nitrogens is 2. The summed E-state index contributed by atoms with van der Waals surface area (Å²) in [6.45, 7) is 2.86. The fraction of sp³-hybridized carbons (Fsp3) is 0.267. The van der Waals surface area contributed by atoms with Crippen LogP contribution in [0, 0.1) is 6.92 Å². The van der Waals surface area contributed by atoms with E-state index in [4.69, 9.17) is 0 Å². The molecule has 0 unspecified atom stereocenters.